The standard InChI is InChI=1S/C14H13Cl2N3O3S2/c1-13(8-14(13,15)16)11(20)18-9-2-4-10(5-3-9)24(21,22)19-12-17-6-7-23-12/h2-7H,8H2,1H3,(H,17,19)(H,18,20). The van der Waals surface area contributed by atoms with Crippen LogP contribution >= 0.6 is 34.5 Å². The molecular weight excluding hydrogens is 393 g/mol. The van der Waals surface area contributed by atoms with Gasteiger partial charge >= 0.3 is 0 Å². The number of rotatable bonds is 5. The summed E-state index contributed by atoms with van der Waals surface area (Å²) in [5, 5.41) is 4.65. The maximum atomic E-state index is 12.2. The van der Waals surface area contributed by atoms with Gasteiger partial charge < -0.3 is 5.32 Å². The Bertz CT molecular complexity index is 867. The van der Waals surface area contributed by atoms with Crippen molar-refractivity contribution >= 4 is 61.3 Å². The lowest BCUT2D eigenvalue weighted by Crippen LogP contribution is -2.25. The number of halogens is 2. The van der Waals surface area contributed by atoms with Gasteiger partial charge in [0.15, 0.2) is 5.13 Å². The molecule has 1 atom stereocenters. The van der Waals surface area contributed by atoms with Crippen molar-refractivity contribution in [3.63, 3.8) is 0 Å². The number of hydrogen-bond donors (Lipinski definition) is 2. The average molecular weight is 406 g/mol. The SMILES string of the molecule is CC1(C(=O)Nc2ccc(S(=O)(=O)Nc3nccs3)cc2)CC1(Cl)Cl. The fourth-order valence-corrected chi connectivity index (χ4v) is 4.58. The van der Waals surface area contributed by atoms with Crippen molar-refractivity contribution < 1.29 is 13.2 Å². The van der Waals surface area contributed by atoms with E-state index < -0.39 is 19.8 Å². The number of amides is 1. The van der Waals surface area contributed by atoms with Crippen molar-refractivity contribution in [2.24, 2.45) is 5.41 Å². The molecule has 1 aromatic carbocycles. The number of nitrogens with one attached hydrogen (secondary N) is 2. The predicted molar refractivity (Wildman–Crippen MR) is 95.2 cm³/mol. The van der Waals surface area contributed by atoms with Crippen molar-refractivity contribution in [2.45, 2.75) is 22.6 Å². The zero-order valence-corrected chi connectivity index (χ0v) is 15.6. The number of benzene rings is 1. The molecule has 0 saturated heterocycles. The van der Waals surface area contributed by atoms with Crippen molar-refractivity contribution in [2.75, 3.05) is 10.0 Å². The molecule has 128 valence electrons. The van der Waals surface area contributed by atoms with E-state index in [1.54, 1.807) is 12.3 Å². The molecule has 0 radical (unpaired) electrons. The van der Waals surface area contributed by atoms with Crippen molar-refractivity contribution in [1.82, 2.24) is 4.98 Å². The molecule has 0 spiro atoms. The molecule has 1 heterocycles. The lowest BCUT2D eigenvalue weighted by atomic mass is 10.1. The smallest absolute Gasteiger partial charge is 0.263 e. The summed E-state index contributed by atoms with van der Waals surface area (Å²) in [5.41, 5.74) is -0.377. The topological polar surface area (TPSA) is 88.2 Å². The quantitative estimate of drug-likeness (QED) is 0.745. The van der Waals surface area contributed by atoms with Crippen LogP contribution in [0.25, 0.3) is 0 Å². The summed E-state index contributed by atoms with van der Waals surface area (Å²) in [6.45, 7) is 1.68. The predicted octanol–water partition coefficient (Wildman–Crippen LogP) is 3.47. The van der Waals surface area contributed by atoms with Gasteiger partial charge in [0.1, 0.15) is 4.33 Å². The van der Waals surface area contributed by atoms with Crippen LogP contribution in [0.5, 0.6) is 0 Å². The minimum Gasteiger partial charge on any atom is -0.326 e. The van der Waals surface area contributed by atoms with E-state index >= 15 is 0 Å². The second kappa shape index (κ2) is 5.87. The molecule has 2 aromatic rings. The maximum Gasteiger partial charge on any atom is 0.263 e. The Balaban J connectivity index is 1.71. The highest BCUT2D eigenvalue weighted by molar-refractivity contribution is 7.93. The summed E-state index contributed by atoms with van der Waals surface area (Å²) in [6, 6.07) is 5.80. The van der Waals surface area contributed by atoms with Crippen LogP contribution in [0.3, 0.4) is 0 Å². The molecule has 1 aliphatic rings. The van der Waals surface area contributed by atoms with Gasteiger partial charge in [0.25, 0.3) is 10.0 Å². The van der Waals surface area contributed by atoms with Crippen LogP contribution in [0.15, 0.2) is 40.7 Å². The van der Waals surface area contributed by atoms with E-state index in [-0.39, 0.29) is 15.9 Å². The van der Waals surface area contributed by atoms with E-state index in [9.17, 15) is 13.2 Å². The molecule has 1 fully saturated rings. The third-order valence-corrected chi connectivity index (χ3v) is 7.11. The van der Waals surface area contributed by atoms with E-state index in [4.69, 9.17) is 23.2 Å². The molecule has 2 N–H and O–H groups in total. The van der Waals surface area contributed by atoms with E-state index in [2.05, 4.69) is 15.0 Å². The summed E-state index contributed by atoms with van der Waals surface area (Å²) in [4.78, 5) is 16.1. The monoisotopic (exact) mass is 405 g/mol. The molecular formula is C14H13Cl2N3O3S2. The Labute approximate surface area is 153 Å². The van der Waals surface area contributed by atoms with Gasteiger partial charge in [0, 0.05) is 17.3 Å². The molecule has 10 heteroatoms. The van der Waals surface area contributed by atoms with Crippen LogP contribution in [0.2, 0.25) is 0 Å². The highest BCUT2D eigenvalue weighted by atomic mass is 35.5. The number of hydrogen-bond acceptors (Lipinski definition) is 5. The van der Waals surface area contributed by atoms with E-state index in [0.29, 0.717) is 12.1 Å². The number of carbonyl (C=O) groups is 1. The van der Waals surface area contributed by atoms with Crippen LogP contribution in [0.1, 0.15) is 13.3 Å². The number of anilines is 2. The summed E-state index contributed by atoms with van der Waals surface area (Å²) >= 11 is 13.1. The normalized spacial score (nSPS) is 22.0. The van der Waals surface area contributed by atoms with Gasteiger partial charge in [-0.2, -0.15) is 0 Å². The molecule has 1 saturated carbocycles. The van der Waals surface area contributed by atoms with Gasteiger partial charge in [-0.05, 0) is 37.6 Å². The zero-order valence-electron chi connectivity index (χ0n) is 12.4. The van der Waals surface area contributed by atoms with Gasteiger partial charge in [-0.3, -0.25) is 9.52 Å². The molecule has 0 bridgehead atoms. The summed E-state index contributed by atoms with van der Waals surface area (Å²) in [5.74, 6) is -0.302. The first-order chi connectivity index (χ1) is 11.1. The molecule has 1 aliphatic carbocycles. The Kier molecular flexibility index (Phi) is 4.28. The summed E-state index contributed by atoms with van der Waals surface area (Å²) in [6.07, 6.45) is 1.88. The summed E-state index contributed by atoms with van der Waals surface area (Å²) < 4.78 is 25.8. The van der Waals surface area contributed by atoms with E-state index in [0.717, 1.165) is 0 Å². The molecule has 1 aromatic heterocycles. The van der Waals surface area contributed by atoms with Gasteiger partial charge in [0.2, 0.25) is 5.91 Å². The molecule has 24 heavy (non-hydrogen) atoms. The first-order valence-corrected chi connectivity index (χ1v) is 9.98. The Morgan fingerprint density at radius 2 is 1.92 bits per heavy atom. The van der Waals surface area contributed by atoms with Gasteiger partial charge in [-0.1, -0.05) is 0 Å². The second-order valence-corrected chi connectivity index (χ2v) is 9.70. The second-order valence-electron chi connectivity index (χ2n) is 5.63. The minimum absolute atomic E-state index is 0.0670. The molecule has 3 rings (SSSR count). The highest BCUT2D eigenvalue weighted by Crippen LogP contribution is 2.64. The van der Waals surface area contributed by atoms with Crippen molar-refractivity contribution in [3.05, 3.63) is 35.8 Å². The van der Waals surface area contributed by atoms with Gasteiger partial charge in [-0.15, -0.1) is 34.5 Å². The number of aromatic nitrogens is 1. The molecule has 0 aliphatic heterocycles. The third kappa shape index (κ3) is 3.23. The van der Waals surface area contributed by atoms with Gasteiger partial charge in [-0.25, -0.2) is 13.4 Å². The number of nitrogens with zero attached hydrogens (tertiary/aromatic N) is 1. The van der Waals surface area contributed by atoms with Gasteiger partial charge in [0.05, 0.1) is 10.3 Å². The first-order valence-electron chi connectivity index (χ1n) is 6.86. The van der Waals surface area contributed by atoms with Crippen LogP contribution in [0.4, 0.5) is 10.8 Å². The van der Waals surface area contributed by atoms with Crippen molar-refractivity contribution in [3.8, 4) is 0 Å². The fraction of sp³-hybridized carbons (Fsp3) is 0.286. The summed E-state index contributed by atoms with van der Waals surface area (Å²) in [7, 11) is -3.72. The van der Waals surface area contributed by atoms with E-state index in [1.165, 1.54) is 41.8 Å². The number of carbonyl (C=O) groups excluding carboxylic acids is 1. The van der Waals surface area contributed by atoms with E-state index in [1.807, 2.05) is 0 Å². The van der Waals surface area contributed by atoms with Crippen LogP contribution in [-0.2, 0) is 14.8 Å². The lowest BCUT2D eigenvalue weighted by Gasteiger charge is -2.13. The van der Waals surface area contributed by atoms with Crippen LogP contribution in [0, 0.1) is 5.41 Å². The molecule has 1 unspecified atom stereocenters. The van der Waals surface area contributed by atoms with Crippen molar-refractivity contribution in [1.29, 1.82) is 0 Å². The Morgan fingerprint density at radius 3 is 2.42 bits per heavy atom. The number of thiazole rings is 1. The molecule has 6 nitrogen and oxygen atoms in total. The zero-order chi connectivity index (χ0) is 17.6. The highest BCUT2D eigenvalue weighted by Gasteiger charge is 2.67. The first kappa shape index (κ1) is 17.5. The largest absolute Gasteiger partial charge is 0.326 e. The van der Waals surface area contributed by atoms with Crippen LogP contribution < -0.4 is 10.0 Å². The third-order valence-electron chi connectivity index (χ3n) is 3.84. The average Bonchev–Trinajstić information content (AvgIpc) is 2.86. The minimum atomic E-state index is -3.72. The van der Waals surface area contributed by atoms with Crippen LogP contribution in [-0.4, -0.2) is 23.6 Å². The lowest BCUT2D eigenvalue weighted by molar-refractivity contribution is -0.120. The maximum absolute atomic E-state index is 12.2. The fourth-order valence-electron chi connectivity index (χ4n) is 2.08. The Hall–Kier alpha value is -1.35. The Morgan fingerprint density at radius 1 is 1.29 bits per heavy atom. The number of alkyl halides is 2. The number of sulfonamides is 1. The molecule has 1 amide bonds.